The molecule has 5 heteroatoms. The molecule has 0 saturated heterocycles. The standard InChI is InChI=1S/C40H75N3O2/c1-5-8-10-12-14-16-18-19-20-22-24-26-28-30-34-42-40(45)38(36-37(31-7-3)33-35-41-4)43-39(44)32-29-27-25-23-21-17-15-13-11-9-6-2/h7,31,33,35,38H,5-6,8-30,32,34,36H2,1-4H3,(H,42,45)(H,43,44)/b31-7-,37-33+,41-35?. The number of rotatable bonds is 33. The van der Waals surface area contributed by atoms with Gasteiger partial charge in [0, 0.05) is 32.6 Å². The fourth-order valence-corrected chi connectivity index (χ4v) is 5.89. The smallest absolute Gasteiger partial charge is 0.242 e. The van der Waals surface area contributed by atoms with Crippen molar-refractivity contribution >= 4 is 18.0 Å². The Morgan fingerprint density at radius 1 is 0.622 bits per heavy atom. The lowest BCUT2D eigenvalue weighted by molar-refractivity contribution is -0.129. The van der Waals surface area contributed by atoms with Crippen LogP contribution < -0.4 is 10.6 Å². The van der Waals surface area contributed by atoms with Crippen molar-refractivity contribution < 1.29 is 9.59 Å². The molecule has 0 aromatic rings. The molecule has 0 saturated carbocycles. The minimum atomic E-state index is -0.565. The van der Waals surface area contributed by atoms with Gasteiger partial charge in [0.1, 0.15) is 6.04 Å². The third kappa shape index (κ3) is 30.5. The van der Waals surface area contributed by atoms with Crippen LogP contribution in [-0.4, -0.2) is 37.7 Å². The van der Waals surface area contributed by atoms with Crippen molar-refractivity contribution in [3.8, 4) is 0 Å². The third-order valence-corrected chi connectivity index (χ3v) is 8.75. The van der Waals surface area contributed by atoms with Crippen molar-refractivity contribution in [3.05, 3.63) is 23.8 Å². The molecule has 0 radical (unpaired) electrons. The Labute approximate surface area is 280 Å². The minimum Gasteiger partial charge on any atom is -0.354 e. The molecule has 0 fully saturated rings. The van der Waals surface area contributed by atoms with Gasteiger partial charge in [0.05, 0.1) is 0 Å². The molecular weight excluding hydrogens is 554 g/mol. The number of nitrogens with one attached hydrogen (secondary N) is 2. The quantitative estimate of drug-likeness (QED) is 0.0431. The number of carbonyl (C=O) groups excluding carboxylic acids is 2. The van der Waals surface area contributed by atoms with Crippen molar-refractivity contribution in [2.75, 3.05) is 13.6 Å². The highest BCUT2D eigenvalue weighted by Crippen LogP contribution is 2.14. The van der Waals surface area contributed by atoms with E-state index in [1.807, 2.05) is 25.2 Å². The van der Waals surface area contributed by atoms with Gasteiger partial charge in [0.15, 0.2) is 0 Å². The molecule has 1 unspecified atom stereocenters. The lowest BCUT2D eigenvalue weighted by Gasteiger charge is -2.19. The average Bonchev–Trinajstić information content (AvgIpc) is 3.03. The van der Waals surface area contributed by atoms with Gasteiger partial charge in [-0.3, -0.25) is 14.6 Å². The molecule has 0 aliphatic rings. The zero-order valence-corrected chi connectivity index (χ0v) is 30.4. The van der Waals surface area contributed by atoms with Crippen molar-refractivity contribution in [2.45, 2.75) is 200 Å². The van der Waals surface area contributed by atoms with E-state index in [-0.39, 0.29) is 11.8 Å². The molecule has 2 amide bonds. The van der Waals surface area contributed by atoms with Gasteiger partial charge in [-0.15, -0.1) is 0 Å². The molecule has 0 bridgehead atoms. The van der Waals surface area contributed by atoms with E-state index in [0.717, 1.165) is 31.3 Å². The second-order valence-electron chi connectivity index (χ2n) is 13.1. The van der Waals surface area contributed by atoms with Gasteiger partial charge in [-0.05, 0) is 31.4 Å². The highest BCUT2D eigenvalue weighted by atomic mass is 16.2. The number of amides is 2. The van der Waals surface area contributed by atoms with Gasteiger partial charge in [-0.1, -0.05) is 174 Å². The maximum atomic E-state index is 13.2. The first-order valence-electron chi connectivity index (χ1n) is 19.4. The molecule has 5 nitrogen and oxygen atoms in total. The lowest BCUT2D eigenvalue weighted by Crippen LogP contribution is -2.47. The number of nitrogens with zero attached hydrogens (tertiary/aromatic N) is 1. The summed E-state index contributed by atoms with van der Waals surface area (Å²) in [7, 11) is 1.74. The maximum absolute atomic E-state index is 13.2. The van der Waals surface area contributed by atoms with E-state index >= 15 is 0 Å². The number of carbonyl (C=O) groups is 2. The second kappa shape index (κ2) is 35.0. The van der Waals surface area contributed by atoms with E-state index in [1.54, 1.807) is 13.3 Å². The number of hydrogen-bond donors (Lipinski definition) is 2. The van der Waals surface area contributed by atoms with Crippen molar-refractivity contribution in [1.82, 2.24) is 10.6 Å². The van der Waals surface area contributed by atoms with Crippen LogP contribution in [0.3, 0.4) is 0 Å². The van der Waals surface area contributed by atoms with Crippen molar-refractivity contribution in [2.24, 2.45) is 4.99 Å². The number of hydrogen-bond acceptors (Lipinski definition) is 3. The first kappa shape index (κ1) is 43.1. The Morgan fingerprint density at radius 3 is 1.47 bits per heavy atom. The van der Waals surface area contributed by atoms with Gasteiger partial charge in [-0.2, -0.15) is 0 Å². The largest absolute Gasteiger partial charge is 0.354 e. The van der Waals surface area contributed by atoms with Crippen LogP contribution in [0.4, 0.5) is 0 Å². The fraction of sp³-hybridized carbons (Fsp3) is 0.825. The van der Waals surface area contributed by atoms with Crippen LogP contribution in [0.1, 0.15) is 194 Å². The molecule has 0 aliphatic carbocycles. The summed E-state index contributed by atoms with van der Waals surface area (Å²) in [5.74, 6) is -0.104. The maximum Gasteiger partial charge on any atom is 0.242 e. The van der Waals surface area contributed by atoms with Crippen LogP contribution in [0.15, 0.2) is 28.8 Å². The molecule has 1 atom stereocenters. The zero-order chi connectivity index (χ0) is 33.1. The first-order valence-corrected chi connectivity index (χ1v) is 19.4. The van der Waals surface area contributed by atoms with E-state index < -0.39 is 6.04 Å². The van der Waals surface area contributed by atoms with Gasteiger partial charge in [0.25, 0.3) is 0 Å². The zero-order valence-electron chi connectivity index (χ0n) is 30.4. The van der Waals surface area contributed by atoms with Gasteiger partial charge in [-0.25, -0.2) is 0 Å². The average molecular weight is 630 g/mol. The Hall–Kier alpha value is -1.91. The molecule has 0 aliphatic heterocycles. The van der Waals surface area contributed by atoms with Crippen LogP contribution in [0, 0.1) is 0 Å². The molecule has 0 aromatic carbocycles. The fourth-order valence-electron chi connectivity index (χ4n) is 5.89. The molecule has 262 valence electrons. The summed E-state index contributed by atoms with van der Waals surface area (Å²) in [6.45, 7) is 7.17. The Balaban J connectivity index is 4.32. The number of allylic oxidation sites excluding steroid dienone is 3. The molecule has 0 spiro atoms. The molecule has 0 rings (SSSR count). The van der Waals surface area contributed by atoms with E-state index in [4.69, 9.17) is 0 Å². The first-order chi connectivity index (χ1) is 22.1. The normalized spacial score (nSPS) is 12.8. The van der Waals surface area contributed by atoms with Crippen LogP contribution in [0.25, 0.3) is 0 Å². The van der Waals surface area contributed by atoms with E-state index in [9.17, 15) is 9.59 Å². The van der Waals surface area contributed by atoms with Gasteiger partial charge in [0.2, 0.25) is 11.8 Å². The highest BCUT2D eigenvalue weighted by molar-refractivity contribution is 5.88. The summed E-state index contributed by atoms with van der Waals surface area (Å²) in [5, 5.41) is 6.16. The monoisotopic (exact) mass is 630 g/mol. The van der Waals surface area contributed by atoms with E-state index in [1.165, 1.54) is 135 Å². The third-order valence-electron chi connectivity index (χ3n) is 8.75. The van der Waals surface area contributed by atoms with Gasteiger partial charge < -0.3 is 10.6 Å². The molecule has 45 heavy (non-hydrogen) atoms. The van der Waals surface area contributed by atoms with E-state index in [2.05, 4.69) is 29.5 Å². The van der Waals surface area contributed by atoms with Crippen LogP contribution >= 0.6 is 0 Å². The molecule has 0 aromatic heterocycles. The molecule has 0 heterocycles. The summed E-state index contributed by atoms with van der Waals surface area (Å²) in [4.78, 5) is 30.1. The van der Waals surface area contributed by atoms with Gasteiger partial charge >= 0.3 is 0 Å². The summed E-state index contributed by atoms with van der Waals surface area (Å²) < 4.78 is 0. The summed E-state index contributed by atoms with van der Waals surface area (Å²) in [5.41, 5.74) is 0.981. The summed E-state index contributed by atoms with van der Waals surface area (Å²) in [6.07, 6.45) is 40.9. The molecule has 2 N–H and O–H groups in total. The Morgan fingerprint density at radius 2 is 1.04 bits per heavy atom. The molecular formula is C40H75N3O2. The number of unbranched alkanes of at least 4 members (excludes halogenated alkanes) is 23. The van der Waals surface area contributed by atoms with Crippen LogP contribution in [0.2, 0.25) is 0 Å². The number of aliphatic imine (C=N–C) groups is 1. The lowest BCUT2D eigenvalue weighted by atomic mass is 10.0. The predicted octanol–water partition coefficient (Wildman–Crippen LogP) is 11.4. The highest BCUT2D eigenvalue weighted by Gasteiger charge is 2.21. The Kier molecular flexibility index (Phi) is 33.5. The summed E-state index contributed by atoms with van der Waals surface area (Å²) >= 11 is 0. The van der Waals surface area contributed by atoms with E-state index in [0.29, 0.717) is 19.4 Å². The topological polar surface area (TPSA) is 70.6 Å². The van der Waals surface area contributed by atoms with Crippen LogP contribution in [0.5, 0.6) is 0 Å². The van der Waals surface area contributed by atoms with Crippen molar-refractivity contribution in [3.63, 3.8) is 0 Å². The van der Waals surface area contributed by atoms with Crippen LogP contribution in [-0.2, 0) is 9.59 Å². The second-order valence-corrected chi connectivity index (χ2v) is 13.1. The Bertz CT molecular complexity index is 759. The SMILES string of the molecule is C/C=C\C(=C/C=NC)CC(NC(=O)CCCCCCCCCCCCC)C(=O)NCCCCCCCCCCCCCCCC. The van der Waals surface area contributed by atoms with Crippen molar-refractivity contribution in [1.29, 1.82) is 0 Å². The summed E-state index contributed by atoms with van der Waals surface area (Å²) in [6, 6.07) is -0.565. The minimum absolute atomic E-state index is 0.0217. The predicted molar refractivity (Wildman–Crippen MR) is 198 cm³/mol.